The highest BCUT2D eigenvalue weighted by Crippen LogP contribution is 2.40. The van der Waals surface area contributed by atoms with E-state index in [1.165, 1.54) is 11.6 Å². The first-order valence-corrected chi connectivity index (χ1v) is 11.2. The van der Waals surface area contributed by atoms with Gasteiger partial charge in [0, 0.05) is 46.8 Å². The largest absolute Gasteiger partial charge is 0.493 e. The van der Waals surface area contributed by atoms with E-state index in [0.717, 1.165) is 17.0 Å². The smallest absolute Gasteiger partial charge is 0.348 e. The highest BCUT2D eigenvalue weighted by atomic mass is 19.4. The lowest BCUT2D eigenvalue weighted by Gasteiger charge is -2.42. The van der Waals surface area contributed by atoms with Crippen molar-refractivity contribution in [2.24, 2.45) is 12.8 Å². The Bertz CT molecular complexity index is 1140. The predicted molar refractivity (Wildman–Crippen MR) is 124 cm³/mol. The summed E-state index contributed by atoms with van der Waals surface area (Å²) in [6.07, 6.45) is -4.83. The third kappa shape index (κ3) is 4.78. The normalized spacial score (nSPS) is 20.7. The monoisotopic (exact) mass is 495 g/mol. The Morgan fingerprint density at radius 2 is 1.94 bits per heavy atom. The maximum absolute atomic E-state index is 13.5. The van der Waals surface area contributed by atoms with Gasteiger partial charge < -0.3 is 20.4 Å². The summed E-state index contributed by atoms with van der Waals surface area (Å²) in [6, 6.07) is 8.95. The summed E-state index contributed by atoms with van der Waals surface area (Å²) in [4.78, 5) is 39.9. The minimum absolute atomic E-state index is 0.0427. The summed E-state index contributed by atoms with van der Waals surface area (Å²) in [5.74, 6) is -2.36. The molecule has 10 nitrogen and oxygen atoms in total. The lowest BCUT2D eigenvalue weighted by Crippen LogP contribution is -2.60. The third-order valence-corrected chi connectivity index (χ3v) is 6.03. The standard InChI is InChI=1S/C22H28F3N7O3/c1-28(2)20-27-17-16(18(33)29(20)3)31(12-14-8-5-4-6-9-14)21(30-11-7-10-15(26)13-30)32(17)35-19(34)22(23,24)25/h4-6,8-9,15,21H,7,10-13,26H2,1-3H3. The molecule has 0 radical (unpaired) electrons. The third-order valence-electron chi connectivity index (χ3n) is 6.03. The van der Waals surface area contributed by atoms with E-state index >= 15 is 0 Å². The van der Waals surface area contributed by atoms with Crippen LogP contribution in [0.1, 0.15) is 18.4 Å². The topological polar surface area (TPSA) is 100 Å². The molecule has 0 saturated carbocycles. The van der Waals surface area contributed by atoms with Crippen molar-refractivity contribution in [1.82, 2.24) is 14.5 Å². The molecule has 1 saturated heterocycles. The van der Waals surface area contributed by atoms with E-state index in [9.17, 15) is 22.8 Å². The molecular weight excluding hydrogens is 467 g/mol. The number of nitrogens with zero attached hydrogens (tertiary/aromatic N) is 6. The number of aromatic nitrogens is 2. The first-order valence-electron chi connectivity index (χ1n) is 11.2. The Morgan fingerprint density at radius 3 is 2.54 bits per heavy atom. The van der Waals surface area contributed by atoms with Crippen LogP contribution in [-0.2, 0) is 23.2 Å². The van der Waals surface area contributed by atoms with Crippen LogP contribution in [0.4, 0.5) is 30.6 Å². The van der Waals surface area contributed by atoms with Crippen molar-refractivity contribution < 1.29 is 22.8 Å². The number of nitrogens with two attached hydrogens (primary N) is 1. The van der Waals surface area contributed by atoms with Crippen LogP contribution in [0.3, 0.4) is 0 Å². The molecule has 35 heavy (non-hydrogen) atoms. The molecule has 2 aliphatic heterocycles. The summed E-state index contributed by atoms with van der Waals surface area (Å²) in [5.41, 5.74) is 6.55. The summed E-state index contributed by atoms with van der Waals surface area (Å²) in [5, 5.41) is 0.806. The van der Waals surface area contributed by atoms with E-state index in [1.54, 1.807) is 23.9 Å². The minimum Gasteiger partial charge on any atom is -0.348 e. The molecule has 4 rings (SSSR count). The van der Waals surface area contributed by atoms with Crippen LogP contribution in [0.15, 0.2) is 35.1 Å². The molecule has 0 amide bonds. The highest BCUT2D eigenvalue weighted by Gasteiger charge is 2.50. The Balaban J connectivity index is 1.90. The highest BCUT2D eigenvalue weighted by molar-refractivity contribution is 5.80. The SMILES string of the molecule is CN(C)c1nc2c(c(=O)n1C)N(Cc1ccccc1)C(N1CCCC(N)C1)N2OC(=O)C(F)(F)F. The fraction of sp³-hybridized carbons (Fsp3) is 0.500. The van der Waals surface area contributed by atoms with E-state index in [0.29, 0.717) is 19.5 Å². The first kappa shape index (κ1) is 24.8. The fourth-order valence-corrected chi connectivity index (χ4v) is 4.49. The molecule has 3 heterocycles. The van der Waals surface area contributed by atoms with Gasteiger partial charge >= 0.3 is 12.1 Å². The number of hydrogen-bond donors (Lipinski definition) is 1. The molecule has 0 aliphatic carbocycles. The van der Waals surface area contributed by atoms with Gasteiger partial charge in [-0.15, -0.1) is 5.06 Å². The van der Waals surface area contributed by atoms with Crippen LogP contribution >= 0.6 is 0 Å². The lowest BCUT2D eigenvalue weighted by atomic mass is 10.1. The van der Waals surface area contributed by atoms with Crippen LogP contribution in [0, 0.1) is 0 Å². The van der Waals surface area contributed by atoms with E-state index in [4.69, 9.17) is 10.6 Å². The predicted octanol–water partition coefficient (Wildman–Crippen LogP) is 1.40. The number of halogens is 3. The zero-order chi connectivity index (χ0) is 25.5. The van der Waals surface area contributed by atoms with Gasteiger partial charge in [0.25, 0.3) is 5.56 Å². The Hall–Kier alpha value is -3.32. The molecule has 0 spiro atoms. The molecule has 0 bridgehead atoms. The molecule has 1 aromatic carbocycles. The summed E-state index contributed by atoms with van der Waals surface area (Å²) >= 11 is 0. The number of fused-ring (bicyclic) bond motifs is 1. The average Bonchev–Trinajstić information content (AvgIpc) is 3.08. The lowest BCUT2D eigenvalue weighted by molar-refractivity contribution is -0.203. The van der Waals surface area contributed by atoms with Crippen LogP contribution in [0.5, 0.6) is 0 Å². The van der Waals surface area contributed by atoms with E-state index in [2.05, 4.69) is 4.98 Å². The maximum Gasteiger partial charge on any atom is 0.493 e. The molecule has 2 atom stereocenters. The second-order valence-corrected chi connectivity index (χ2v) is 8.90. The molecule has 2 unspecified atom stereocenters. The number of rotatable bonds is 5. The molecule has 190 valence electrons. The number of carbonyl (C=O) groups is 1. The number of hydrogen-bond acceptors (Lipinski definition) is 9. The van der Waals surface area contributed by atoms with E-state index in [-0.39, 0.29) is 30.0 Å². The van der Waals surface area contributed by atoms with Crippen molar-refractivity contribution in [2.75, 3.05) is 42.0 Å². The number of anilines is 3. The van der Waals surface area contributed by atoms with Gasteiger partial charge in [0.05, 0.1) is 0 Å². The summed E-state index contributed by atoms with van der Waals surface area (Å²) in [7, 11) is 4.83. The minimum atomic E-state index is -5.24. The van der Waals surface area contributed by atoms with Crippen LogP contribution in [0.2, 0.25) is 0 Å². The van der Waals surface area contributed by atoms with Crippen LogP contribution in [-0.4, -0.2) is 66.1 Å². The van der Waals surface area contributed by atoms with Gasteiger partial charge in [0.2, 0.25) is 11.8 Å². The van der Waals surface area contributed by atoms with Crippen molar-refractivity contribution in [1.29, 1.82) is 0 Å². The van der Waals surface area contributed by atoms with Gasteiger partial charge in [-0.25, -0.2) is 4.79 Å². The van der Waals surface area contributed by atoms with Crippen LogP contribution in [0.25, 0.3) is 0 Å². The molecule has 2 N–H and O–H groups in total. The number of hydroxylamine groups is 1. The quantitative estimate of drug-likeness (QED) is 0.660. The summed E-state index contributed by atoms with van der Waals surface area (Å²) in [6.45, 7) is 0.992. The van der Waals surface area contributed by atoms with Crippen molar-refractivity contribution in [3.63, 3.8) is 0 Å². The Morgan fingerprint density at radius 1 is 1.26 bits per heavy atom. The van der Waals surface area contributed by atoms with Gasteiger partial charge in [-0.3, -0.25) is 14.3 Å². The number of piperidine rings is 1. The number of likely N-dealkylation sites (tertiary alicyclic amines) is 1. The number of alkyl halides is 3. The van der Waals surface area contributed by atoms with E-state index in [1.807, 2.05) is 35.2 Å². The molecule has 1 fully saturated rings. The average molecular weight is 496 g/mol. The molecule has 2 aromatic rings. The molecule has 2 aliphatic rings. The zero-order valence-corrected chi connectivity index (χ0v) is 19.7. The second-order valence-electron chi connectivity index (χ2n) is 8.90. The van der Waals surface area contributed by atoms with Crippen molar-refractivity contribution in [2.45, 2.75) is 37.9 Å². The van der Waals surface area contributed by atoms with Crippen LogP contribution < -0.4 is 26.2 Å². The maximum atomic E-state index is 13.5. The second kappa shape index (κ2) is 9.38. The Labute approximate surface area is 200 Å². The van der Waals surface area contributed by atoms with Crippen molar-refractivity contribution in [3.8, 4) is 0 Å². The van der Waals surface area contributed by atoms with Gasteiger partial charge in [0.15, 0.2) is 12.0 Å². The Kier molecular flexibility index (Phi) is 6.64. The fourth-order valence-electron chi connectivity index (χ4n) is 4.49. The van der Waals surface area contributed by atoms with Crippen molar-refractivity contribution in [3.05, 3.63) is 46.2 Å². The molecule has 13 heteroatoms. The van der Waals surface area contributed by atoms with Gasteiger partial charge in [0.1, 0.15) is 0 Å². The molecular formula is C22H28F3N7O3. The van der Waals surface area contributed by atoms with Gasteiger partial charge in [-0.2, -0.15) is 18.2 Å². The number of benzene rings is 1. The van der Waals surface area contributed by atoms with Gasteiger partial charge in [-0.05, 0) is 18.4 Å². The van der Waals surface area contributed by atoms with Crippen molar-refractivity contribution >= 4 is 23.4 Å². The molecule has 1 aromatic heterocycles. The first-order chi connectivity index (χ1) is 16.5. The van der Waals surface area contributed by atoms with Gasteiger partial charge in [-0.1, -0.05) is 30.3 Å². The summed E-state index contributed by atoms with van der Waals surface area (Å²) < 4.78 is 41.1. The van der Waals surface area contributed by atoms with E-state index < -0.39 is 24.0 Å². The zero-order valence-electron chi connectivity index (χ0n) is 19.7. The number of carbonyl (C=O) groups excluding carboxylic acids is 1.